The second-order valence-corrected chi connectivity index (χ2v) is 10.3. The van der Waals surface area contributed by atoms with E-state index in [0.717, 1.165) is 16.5 Å². The minimum Gasteiger partial charge on any atom is -0.458 e. The smallest absolute Gasteiger partial charge is 0.343 e. The molecule has 0 spiro atoms. The fourth-order valence-corrected chi connectivity index (χ4v) is 6.28. The zero-order valence-corrected chi connectivity index (χ0v) is 20.7. The van der Waals surface area contributed by atoms with Gasteiger partial charge in [0, 0.05) is 22.6 Å². The van der Waals surface area contributed by atoms with E-state index in [-0.39, 0.29) is 30.7 Å². The molecule has 1 aliphatic carbocycles. The maximum absolute atomic E-state index is 15.0. The number of pyridine rings is 2. The van der Waals surface area contributed by atoms with Crippen LogP contribution in [0.5, 0.6) is 0 Å². The summed E-state index contributed by atoms with van der Waals surface area (Å²) in [6, 6.07) is 2.96. The zero-order valence-electron chi connectivity index (χ0n) is 20.7. The molecule has 1 unspecified atom stereocenters. The number of hydrogen-bond acceptors (Lipinski definition) is 7. The van der Waals surface area contributed by atoms with E-state index in [1.807, 2.05) is 6.92 Å². The number of aryl methyl sites for hydroxylation is 1. The van der Waals surface area contributed by atoms with Crippen LogP contribution in [0.4, 0.5) is 4.39 Å². The fraction of sp³-hybridized carbons (Fsp3) is 0.407. The van der Waals surface area contributed by atoms with Gasteiger partial charge in [-0.15, -0.1) is 0 Å². The molecule has 2 atom stereocenters. The van der Waals surface area contributed by atoms with Crippen molar-refractivity contribution in [1.82, 2.24) is 14.9 Å². The molecule has 10 heteroatoms. The number of carbonyl (C=O) groups excluding carboxylic acids is 2. The Balaban J connectivity index is 1.69. The van der Waals surface area contributed by atoms with Gasteiger partial charge in [0.05, 0.1) is 34.6 Å². The van der Waals surface area contributed by atoms with Crippen molar-refractivity contribution in [1.29, 1.82) is 0 Å². The summed E-state index contributed by atoms with van der Waals surface area (Å²) in [7, 11) is 0. The first-order valence-corrected chi connectivity index (χ1v) is 12.3. The zero-order chi connectivity index (χ0) is 26.4. The maximum Gasteiger partial charge on any atom is 0.343 e. The van der Waals surface area contributed by atoms with Crippen LogP contribution in [-0.2, 0) is 45.0 Å². The number of ether oxygens (including phenoxy) is 1. The average molecular weight is 508 g/mol. The Hall–Kier alpha value is -3.63. The molecule has 0 saturated carbocycles. The largest absolute Gasteiger partial charge is 0.458 e. The molecule has 9 nitrogen and oxygen atoms in total. The molecule has 3 N–H and O–H groups in total. The molecule has 2 aromatic heterocycles. The number of benzene rings is 1. The second-order valence-electron chi connectivity index (χ2n) is 10.3. The molecule has 2 aliphatic heterocycles. The number of amides is 1. The third kappa shape index (κ3) is 3.02. The van der Waals surface area contributed by atoms with Crippen molar-refractivity contribution in [2.45, 2.75) is 64.3 Å². The topological polar surface area (TPSA) is 131 Å². The van der Waals surface area contributed by atoms with E-state index in [1.165, 1.54) is 10.6 Å². The van der Waals surface area contributed by atoms with Gasteiger partial charge in [-0.3, -0.25) is 9.59 Å². The Morgan fingerprint density at radius 1 is 1.27 bits per heavy atom. The molecule has 192 valence electrons. The number of aliphatic hydroxyl groups is 2. The molecule has 1 aromatic carbocycles. The summed E-state index contributed by atoms with van der Waals surface area (Å²) in [5, 5.41) is 24.3. The number of nitrogens with zero attached hydrogens (tertiary/aromatic N) is 2. The van der Waals surface area contributed by atoms with E-state index >= 15 is 0 Å². The quantitative estimate of drug-likeness (QED) is 0.361. The van der Waals surface area contributed by atoms with Crippen LogP contribution >= 0.6 is 0 Å². The van der Waals surface area contributed by atoms with Gasteiger partial charge in [-0.25, -0.2) is 14.2 Å². The van der Waals surface area contributed by atoms with Gasteiger partial charge in [0.1, 0.15) is 19.0 Å². The summed E-state index contributed by atoms with van der Waals surface area (Å²) in [6.07, 6.45) is 0.977. The minimum atomic E-state index is -1.96. The van der Waals surface area contributed by atoms with E-state index in [2.05, 4.69) is 5.32 Å². The van der Waals surface area contributed by atoms with Crippen LogP contribution in [0.15, 0.2) is 16.9 Å². The van der Waals surface area contributed by atoms with Gasteiger partial charge in [-0.1, -0.05) is 6.92 Å². The van der Waals surface area contributed by atoms with Gasteiger partial charge in [0.2, 0.25) is 5.91 Å². The third-order valence-corrected chi connectivity index (χ3v) is 8.29. The number of nitrogens with one attached hydrogen (secondary N) is 1. The van der Waals surface area contributed by atoms with Crippen LogP contribution in [-0.4, -0.2) is 38.2 Å². The summed E-state index contributed by atoms with van der Waals surface area (Å²) >= 11 is 0. The number of carbonyl (C=O) groups is 2. The van der Waals surface area contributed by atoms with Crippen molar-refractivity contribution in [3.8, 4) is 11.4 Å². The standard InChI is InChI=1S/C27H26FN3O6/c1-4-27(36)16-7-19-23-14(9-31(19)24(34)15(16)11-37-25(27)35)22-21-13(12(2)17(28)8-18(21)29-23)5-6-26(22,3)30-20(33)10-32/h7-8,32,36H,4-6,9-11H2,1-3H3,(H,30,33)/t26?,27-/m0/s1. The molecule has 3 aliphatic rings. The summed E-state index contributed by atoms with van der Waals surface area (Å²) < 4.78 is 21.6. The lowest BCUT2D eigenvalue weighted by Gasteiger charge is -2.38. The normalized spacial score (nSPS) is 23.4. The Morgan fingerprint density at radius 2 is 2.03 bits per heavy atom. The van der Waals surface area contributed by atoms with Crippen LogP contribution in [0.25, 0.3) is 22.3 Å². The van der Waals surface area contributed by atoms with Crippen LogP contribution < -0.4 is 10.9 Å². The average Bonchev–Trinajstić information content (AvgIpc) is 3.24. The van der Waals surface area contributed by atoms with Crippen molar-refractivity contribution < 1.29 is 28.9 Å². The molecule has 37 heavy (non-hydrogen) atoms. The van der Waals surface area contributed by atoms with Crippen LogP contribution in [0, 0.1) is 12.7 Å². The molecule has 6 rings (SSSR count). The molecule has 3 aromatic rings. The van der Waals surface area contributed by atoms with Crippen LogP contribution in [0.1, 0.15) is 60.1 Å². The number of aliphatic hydroxyl groups excluding tert-OH is 1. The molecule has 0 bridgehead atoms. The number of hydrogen-bond donors (Lipinski definition) is 3. The highest BCUT2D eigenvalue weighted by Crippen LogP contribution is 2.47. The lowest BCUT2D eigenvalue weighted by Crippen LogP contribution is -2.47. The van der Waals surface area contributed by atoms with Crippen molar-refractivity contribution >= 4 is 22.8 Å². The molecule has 0 radical (unpaired) electrons. The van der Waals surface area contributed by atoms with Crippen LogP contribution in [0.2, 0.25) is 0 Å². The number of esters is 1. The highest BCUT2D eigenvalue weighted by atomic mass is 19.1. The van der Waals surface area contributed by atoms with E-state index in [1.54, 1.807) is 19.9 Å². The first kappa shape index (κ1) is 23.7. The molecule has 0 saturated heterocycles. The first-order valence-electron chi connectivity index (χ1n) is 12.3. The predicted molar refractivity (Wildman–Crippen MR) is 130 cm³/mol. The lowest BCUT2D eigenvalue weighted by atomic mass is 9.74. The molecular formula is C27H26FN3O6. The number of aromatic nitrogens is 2. The number of fused-ring (bicyclic) bond motifs is 5. The van der Waals surface area contributed by atoms with Crippen molar-refractivity contribution in [3.63, 3.8) is 0 Å². The number of halogens is 1. The predicted octanol–water partition coefficient (Wildman–Crippen LogP) is 1.80. The number of cyclic esters (lactones) is 1. The fourth-order valence-electron chi connectivity index (χ4n) is 6.28. The SMILES string of the molecule is CC[C@@]1(O)C(=O)OCc2c1cc1n(c2=O)Cc2c-1nc1cc(F)c(C)c3c1c2C(C)(NC(=O)CO)CC3. The maximum atomic E-state index is 15.0. The Bertz CT molecular complexity index is 1630. The summed E-state index contributed by atoms with van der Waals surface area (Å²) in [6.45, 7) is 4.42. The van der Waals surface area contributed by atoms with Gasteiger partial charge in [0.15, 0.2) is 5.60 Å². The monoisotopic (exact) mass is 507 g/mol. The summed E-state index contributed by atoms with van der Waals surface area (Å²) in [5.41, 5.74) is 1.10. The third-order valence-electron chi connectivity index (χ3n) is 8.29. The highest BCUT2D eigenvalue weighted by molar-refractivity contribution is 5.94. The van der Waals surface area contributed by atoms with E-state index < -0.39 is 41.0 Å². The molecule has 4 heterocycles. The summed E-state index contributed by atoms with van der Waals surface area (Å²) in [5.74, 6) is -1.75. The molecule has 1 amide bonds. The van der Waals surface area contributed by atoms with Crippen molar-refractivity contribution in [2.24, 2.45) is 0 Å². The first-order chi connectivity index (χ1) is 17.5. The van der Waals surface area contributed by atoms with E-state index in [4.69, 9.17) is 9.72 Å². The Morgan fingerprint density at radius 3 is 2.73 bits per heavy atom. The van der Waals surface area contributed by atoms with Gasteiger partial charge in [-0.2, -0.15) is 0 Å². The van der Waals surface area contributed by atoms with Gasteiger partial charge >= 0.3 is 5.97 Å². The van der Waals surface area contributed by atoms with Crippen molar-refractivity contribution in [2.75, 3.05) is 6.61 Å². The minimum absolute atomic E-state index is 0.0179. The van der Waals surface area contributed by atoms with E-state index in [0.29, 0.717) is 40.9 Å². The van der Waals surface area contributed by atoms with Crippen molar-refractivity contribution in [3.05, 3.63) is 61.7 Å². The second kappa shape index (κ2) is 7.69. The number of rotatable bonds is 3. The highest BCUT2D eigenvalue weighted by Gasteiger charge is 2.46. The Labute approximate surface area is 210 Å². The van der Waals surface area contributed by atoms with Gasteiger partial charge < -0.3 is 24.8 Å². The lowest BCUT2D eigenvalue weighted by molar-refractivity contribution is -0.172. The van der Waals surface area contributed by atoms with Gasteiger partial charge in [0.25, 0.3) is 5.56 Å². The molecule has 0 fully saturated rings. The van der Waals surface area contributed by atoms with Gasteiger partial charge in [-0.05, 0) is 55.9 Å². The van der Waals surface area contributed by atoms with Crippen LogP contribution in [0.3, 0.4) is 0 Å². The molecular weight excluding hydrogens is 481 g/mol. The summed E-state index contributed by atoms with van der Waals surface area (Å²) in [4.78, 5) is 43.2. The Kier molecular flexibility index (Phi) is 4.93. The van der Waals surface area contributed by atoms with E-state index in [9.17, 15) is 29.0 Å².